The number of carbonyl (C=O) groups excluding carboxylic acids is 1. The zero-order chi connectivity index (χ0) is 8.69. The van der Waals surface area contributed by atoms with E-state index in [9.17, 15) is 4.79 Å². The van der Waals surface area contributed by atoms with E-state index in [2.05, 4.69) is 4.74 Å². The highest BCUT2D eigenvalue weighted by atomic mass is 32.2. The second-order valence-corrected chi connectivity index (χ2v) is 3.01. The minimum atomic E-state index is -0.217. The Hall–Kier alpha value is -0.220. The van der Waals surface area contributed by atoms with E-state index in [1.807, 2.05) is 6.26 Å². The van der Waals surface area contributed by atoms with Crippen molar-refractivity contribution in [2.75, 3.05) is 25.9 Å². The van der Waals surface area contributed by atoms with Crippen LogP contribution in [-0.2, 0) is 14.3 Å². The minimum absolute atomic E-state index is 0.160. The topological polar surface area (TPSA) is 35.5 Å². The Labute approximate surface area is 71.4 Å². The molecular weight excluding hydrogens is 164 g/mol. The molecule has 3 nitrogen and oxygen atoms in total. The van der Waals surface area contributed by atoms with Gasteiger partial charge in [0.25, 0.3) is 0 Å². The maximum Gasteiger partial charge on any atom is 0.310 e. The van der Waals surface area contributed by atoms with Crippen LogP contribution in [0.4, 0.5) is 0 Å². The number of hydrogen-bond donors (Lipinski definition) is 0. The quantitative estimate of drug-likeness (QED) is 0.359. The molecule has 4 heteroatoms. The van der Waals surface area contributed by atoms with Gasteiger partial charge in [-0.05, 0) is 13.2 Å². The van der Waals surface area contributed by atoms with Crippen LogP contribution in [0.25, 0.3) is 0 Å². The lowest BCUT2D eigenvalue weighted by Crippen LogP contribution is -2.18. The Morgan fingerprint density at radius 3 is 2.73 bits per heavy atom. The highest BCUT2D eigenvalue weighted by molar-refractivity contribution is 7.98. The highest BCUT2D eigenvalue weighted by Crippen LogP contribution is 2.00. The van der Waals surface area contributed by atoms with E-state index in [1.165, 1.54) is 7.11 Å². The molecule has 0 amide bonds. The van der Waals surface area contributed by atoms with Gasteiger partial charge < -0.3 is 9.47 Å². The molecule has 0 aliphatic heterocycles. The molecule has 0 N–H and O–H groups in total. The minimum Gasteiger partial charge on any atom is -0.469 e. The summed E-state index contributed by atoms with van der Waals surface area (Å²) < 4.78 is 9.65. The van der Waals surface area contributed by atoms with Gasteiger partial charge in [-0.25, -0.2) is 0 Å². The van der Waals surface area contributed by atoms with Crippen LogP contribution in [-0.4, -0.2) is 31.9 Å². The third-order valence-electron chi connectivity index (χ3n) is 1.17. The molecule has 0 fully saturated rings. The van der Waals surface area contributed by atoms with Gasteiger partial charge in [0, 0.05) is 0 Å². The third kappa shape index (κ3) is 5.09. The Kier molecular flexibility index (Phi) is 6.36. The summed E-state index contributed by atoms with van der Waals surface area (Å²) in [4.78, 5) is 10.8. The number of thioether (sulfide) groups is 1. The summed E-state index contributed by atoms with van der Waals surface area (Å²) in [6.45, 7) is 2.22. The van der Waals surface area contributed by atoms with Crippen molar-refractivity contribution in [2.45, 2.75) is 6.92 Å². The Morgan fingerprint density at radius 1 is 1.64 bits per heavy atom. The lowest BCUT2D eigenvalue weighted by atomic mass is 10.2. The number of ether oxygens (including phenoxy) is 2. The van der Waals surface area contributed by atoms with Crippen molar-refractivity contribution in [1.29, 1.82) is 0 Å². The molecule has 0 radical (unpaired) electrons. The second kappa shape index (κ2) is 6.49. The van der Waals surface area contributed by atoms with Gasteiger partial charge in [-0.15, -0.1) is 11.8 Å². The van der Waals surface area contributed by atoms with Gasteiger partial charge in [0.05, 0.1) is 25.6 Å². The largest absolute Gasteiger partial charge is 0.469 e. The normalized spacial score (nSPS) is 12.6. The fourth-order valence-electron chi connectivity index (χ4n) is 0.577. The standard InChI is InChI=1S/C7H14O3S/c1-6(7(8)9-2)4-10-5-11-3/h6H,4-5H2,1-3H3/t6-/m0/s1. The second-order valence-electron chi connectivity index (χ2n) is 2.20. The van der Waals surface area contributed by atoms with E-state index in [1.54, 1.807) is 18.7 Å². The zero-order valence-corrected chi connectivity index (χ0v) is 7.94. The molecule has 66 valence electrons. The van der Waals surface area contributed by atoms with E-state index in [4.69, 9.17) is 4.74 Å². The Morgan fingerprint density at radius 2 is 2.27 bits per heavy atom. The number of hydrogen-bond acceptors (Lipinski definition) is 4. The van der Waals surface area contributed by atoms with Crippen molar-refractivity contribution < 1.29 is 14.3 Å². The van der Waals surface area contributed by atoms with Gasteiger partial charge in [-0.3, -0.25) is 4.79 Å². The molecule has 0 bridgehead atoms. The molecule has 0 aliphatic rings. The van der Waals surface area contributed by atoms with Crippen LogP contribution in [0, 0.1) is 5.92 Å². The Balaban J connectivity index is 3.36. The first-order chi connectivity index (χ1) is 5.22. The van der Waals surface area contributed by atoms with Crippen LogP contribution < -0.4 is 0 Å². The van der Waals surface area contributed by atoms with Gasteiger partial charge in [0.1, 0.15) is 0 Å². The summed E-state index contributed by atoms with van der Waals surface area (Å²) in [5.74, 6) is 0.250. The molecule has 0 saturated heterocycles. The van der Waals surface area contributed by atoms with E-state index >= 15 is 0 Å². The lowest BCUT2D eigenvalue weighted by molar-refractivity contribution is -0.146. The van der Waals surface area contributed by atoms with Gasteiger partial charge in [0.15, 0.2) is 0 Å². The molecule has 0 aromatic rings. The third-order valence-corrected chi connectivity index (χ3v) is 1.57. The number of esters is 1. The lowest BCUT2D eigenvalue weighted by Gasteiger charge is -2.08. The molecule has 0 saturated carbocycles. The monoisotopic (exact) mass is 178 g/mol. The van der Waals surface area contributed by atoms with Gasteiger partial charge in [-0.1, -0.05) is 0 Å². The summed E-state index contributed by atoms with van der Waals surface area (Å²) in [7, 11) is 1.38. The molecule has 0 aliphatic carbocycles. The summed E-state index contributed by atoms with van der Waals surface area (Å²) >= 11 is 1.59. The van der Waals surface area contributed by atoms with Crippen LogP contribution >= 0.6 is 11.8 Å². The smallest absolute Gasteiger partial charge is 0.310 e. The van der Waals surface area contributed by atoms with E-state index in [0.29, 0.717) is 12.5 Å². The van der Waals surface area contributed by atoms with Crippen LogP contribution in [0.2, 0.25) is 0 Å². The molecule has 0 spiro atoms. The van der Waals surface area contributed by atoms with Crippen molar-refractivity contribution in [3.63, 3.8) is 0 Å². The molecule has 0 heterocycles. The van der Waals surface area contributed by atoms with Crippen LogP contribution in [0.5, 0.6) is 0 Å². The SMILES string of the molecule is COC(=O)[C@@H](C)COCSC. The van der Waals surface area contributed by atoms with Gasteiger partial charge in [-0.2, -0.15) is 0 Å². The zero-order valence-electron chi connectivity index (χ0n) is 7.12. The fourth-order valence-corrected chi connectivity index (χ4v) is 0.840. The predicted molar refractivity (Wildman–Crippen MR) is 45.5 cm³/mol. The molecular formula is C7H14O3S. The average molecular weight is 178 g/mol. The summed E-state index contributed by atoms with van der Waals surface area (Å²) in [5.41, 5.74) is 0. The first kappa shape index (κ1) is 10.8. The molecule has 1 atom stereocenters. The first-order valence-electron chi connectivity index (χ1n) is 3.37. The van der Waals surface area contributed by atoms with Gasteiger partial charge >= 0.3 is 5.97 Å². The molecule has 0 aromatic heterocycles. The van der Waals surface area contributed by atoms with Gasteiger partial charge in [0.2, 0.25) is 0 Å². The Bertz CT molecular complexity index is 116. The maximum absolute atomic E-state index is 10.8. The predicted octanol–water partition coefficient (Wildman–Crippen LogP) is 1.13. The van der Waals surface area contributed by atoms with E-state index in [-0.39, 0.29) is 11.9 Å². The number of methoxy groups -OCH3 is 1. The summed E-state index contributed by atoms with van der Waals surface area (Å²) in [5, 5.41) is 0. The van der Waals surface area contributed by atoms with Crippen molar-refractivity contribution in [1.82, 2.24) is 0 Å². The molecule has 11 heavy (non-hydrogen) atoms. The number of rotatable bonds is 5. The van der Waals surface area contributed by atoms with Crippen molar-refractivity contribution in [3.05, 3.63) is 0 Å². The van der Waals surface area contributed by atoms with E-state index in [0.717, 1.165) is 0 Å². The number of carbonyl (C=O) groups is 1. The van der Waals surface area contributed by atoms with E-state index < -0.39 is 0 Å². The van der Waals surface area contributed by atoms with Crippen molar-refractivity contribution in [2.24, 2.45) is 5.92 Å². The maximum atomic E-state index is 10.8. The van der Waals surface area contributed by atoms with Crippen molar-refractivity contribution >= 4 is 17.7 Å². The fraction of sp³-hybridized carbons (Fsp3) is 0.857. The van der Waals surface area contributed by atoms with Crippen LogP contribution in [0.1, 0.15) is 6.92 Å². The molecule has 0 rings (SSSR count). The summed E-state index contributed by atoms with van der Waals surface area (Å²) in [6, 6.07) is 0. The molecule has 0 unspecified atom stereocenters. The molecule has 0 aromatic carbocycles. The first-order valence-corrected chi connectivity index (χ1v) is 4.76. The highest BCUT2D eigenvalue weighted by Gasteiger charge is 2.12. The van der Waals surface area contributed by atoms with Crippen LogP contribution in [0.15, 0.2) is 0 Å². The van der Waals surface area contributed by atoms with Crippen molar-refractivity contribution in [3.8, 4) is 0 Å². The van der Waals surface area contributed by atoms with Crippen LogP contribution in [0.3, 0.4) is 0 Å². The summed E-state index contributed by atoms with van der Waals surface area (Å²) in [6.07, 6.45) is 1.95. The average Bonchev–Trinajstić information content (AvgIpc) is 2.03.